The van der Waals surface area contributed by atoms with E-state index < -0.39 is 0 Å². The van der Waals surface area contributed by atoms with Crippen LogP contribution in [0.25, 0.3) is 94.6 Å². The Hall–Kier alpha value is -6.55. The zero-order valence-electron chi connectivity index (χ0n) is 28.8. The van der Waals surface area contributed by atoms with Gasteiger partial charge in [-0.25, -0.2) is 0 Å². The normalized spacial score (nSPS) is 11.3. The quantitative estimate of drug-likeness (QED) is 0.169. The van der Waals surface area contributed by atoms with E-state index in [-0.39, 0.29) is 26.8 Å². The maximum Gasteiger partial charge on any atom is 0.140 e. The summed E-state index contributed by atoms with van der Waals surface area (Å²) >= 11 is 0. The van der Waals surface area contributed by atoms with Crippen molar-refractivity contribution in [1.82, 2.24) is 14.5 Å². The minimum atomic E-state index is 0. The average molecular weight is 876 g/mol. The molecular formula is C48H30N3O2Pt-. The Morgan fingerprint density at radius 2 is 1.17 bits per heavy atom. The van der Waals surface area contributed by atoms with E-state index in [4.69, 9.17) is 14.4 Å². The summed E-state index contributed by atoms with van der Waals surface area (Å²) in [5.41, 5.74) is 10.3. The van der Waals surface area contributed by atoms with Gasteiger partial charge in [-0.1, -0.05) is 139 Å². The van der Waals surface area contributed by atoms with Gasteiger partial charge in [0.2, 0.25) is 0 Å². The number of aromatic nitrogens is 3. The number of pyridine rings is 1. The van der Waals surface area contributed by atoms with E-state index in [2.05, 4.69) is 102 Å². The fourth-order valence-electron chi connectivity index (χ4n) is 7.31. The van der Waals surface area contributed by atoms with Crippen molar-refractivity contribution in [3.05, 3.63) is 182 Å². The fourth-order valence-corrected chi connectivity index (χ4v) is 7.31. The number of rotatable bonds is 6. The third-order valence-corrected chi connectivity index (χ3v) is 9.87. The van der Waals surface area contributed by atoms with E-state index in [0.717, 1.165) is 71.9 Å². The Bertz CT molecular complexity index is 2910. The molecule has 0 bridgehead atoms. The molecule has 54 heavy (non-hydrogen) atoms. The summed E-state index contributed by atoms with van der Waals surface area (Å²) in [6, 6.07) is 58.8. The molecule has 6 heteroatoms. The smallest absolute Gasteiger partial charge is 0.140 e. The number of phenols is 1. The van der Waals surface area contributed by atoms with Gasteiger partial charge < -0.3 is 14.1 Å². The second-order valence-electron chi connectivity index (χ2n) is 13.1. The molecule has 3 aromatic heterocycles. The van der Waals surface area contributed by atoms with Crippen LogP contribution >= 0.6 is 0 Å². The van der Waals surface area contributed by atoms with Crippen LogP contribution in [0.15, 0.2) is 181 Å². The maximum atomic E-state index is 11.8. The van der Waals surface area contributed by atoms with Crippen LogP contribution in [0.5, 0.6) is 5.75 Å². The summed E-state index contributed by atoms with van der Waals surface area (Å²) in [5, 5.41) is 15.8. The number of benzene rings is 7. The van der Waals surface area contributed by atoms with Gasteiger partial charge in [-0.15, -0.1) is 24.3 Å². The number of aromatic hydroxyl groups is 1. The predicted octanol–water partition coefficient (Wildman–Crippen LogP) is 12.2. The van der Waals surface area contributed by atoms with Gasteiger partial charge in [0.1, 0.15) is 22.7 Å². The van der Waals surface area contributed by atoms with E-state index in [1.54, 1.807) is 6.07 Å². The molecule has 0 unspecified atom stereocenters. The van der Waals surface area contributed by atoms with Crippen LogP contribution in [0.2, 0.25) is 0 Å². The number of hydrogen-bond acceptors (Lipinski definition) is 4. The first kappa shape index (κ1) is 33.3. The zero-order chi connectivity index (χ0) is 35.3. The summed E-state index contributed by atoms with van der Waals surface area (Å²) < 4.78 is 8.27. The third-order valence-electron chi connectivity index (χ3n) is 9.87. The summed E-state index contributed by atoms with van der Waals surface area (Å²) in [6.07, 6.45) is 3.96. The Balaban J connectivity index is 0.00000384. The van der Waals surface area contributed by atoms with E-state index in [9.17, 15) is 5.11 Å². The molecule has 260 valence electrons. The summed E-state index contributed by atoms with van der Waals surface area (Å²) in [7, 11) is 0. The molecule has 0 fully saturated rings. The SMILES string of the molecule is Oc1cc2oc3ccccc3c2cc1-c1nc(-c2[c-]c(-c3cc4ccccc4cn3)ccc2)cn1-c1c(-c2ccccc2)cccc1-c1ccccc1.[Pt]. The number of fused-ring (bicyclic) bond motifs is 4. The van der Waals surface area contributed by atoms with E-state index in [1.807, 2.05) is 79.0 Å². The Labute approximate surface area is 326 Å². The fraction of sp³-hybridized carbons (Fsp3) is 0. The van der Waals surface area contributed by atoms with Crippen LogP contribution in [0.3, 0.4) is 0 Å². The summed E-state index contributed by atoms with van der Waals surface area (Å²) in [4.78, 5) is 10.1. The first-order valence-electron chi connectivity index (χ1n) is 17.5. The molecule has 0 aliphatic carbocycles. The van der Waals surface area contributed by atoms with Crippen molar-refractivity contribution in [2.24, 2.45) is 0 Å². The second-order valence-corrected chi connectivity index (χ2v) is 13.1. The van der Waals surface area contributed by atoms with Crippen molar-refractivity contribution in [2.45, 2.75) is 0 Å². The van der Waals surface area contributed by atoms with Crippen molar-refractivity contribution < 1.29 is 30.6 Å². The Morgan fingerprint density at radius 1 is 0.537 bits per heavy atom. The van der Waals surface area contributed by atoms with Crippen LogP contribution in [-0.4, -0.2) is 19.6 Å². The third kappa shape index (κ3) is 5.80. The molecule has 10 rings (SSSR count). The van der Waals surface area contributed by atoms with Gasteiger partial charge in [0.25, 0.3) is 0 Å². The number of phenolic OH excluding ortho intramolecular Hbond substituents is 1. The van der Waals surface area contributed by atoms with Crippen LogP contribution in [0, 0.1) is 6.07 Å². The summed E-state index contributed by atoms with van der Waals surface area (Å²) in [6.45, 7) is 0. The number of para-hydroxylation sites is 2. The van der Waals surface area contributed by atoms with Crippen LogP contribution in [0.4, 0.5) is 0 Å². The van der Waals surface area contributed by atoms with E-state index in [0.29, 0.717) is 22.7 Å². The van der Waals surface area contributed by atoms with Gasteiger partial charge in [0, 0.05) is 72.8 Å². The molecule has 7 aromatic carbocycles. The van der Waals surface area contributed by atoms with Crippen molar-refractivity contribution in [3.8, 4) is 67.6 Å². The van der Waals surface area contributed by atoms with E-state index in [1.165, 1.54) is 0 Å². The van der Waals surface area contributed by atoms with Gasteiger partial charge in [0.15, 0.2) is 0 Å². The largest absolute Gasteiger partial charge is 0.507 e. The molecule has 0 aliphatic heterocycles. The number of nitrogens with zero attached hydrogens (tertiary/aromatic N) is 3. The molecule has 0 amide bonds. The first-order chi connectivity index (χ1) is 26.2. The standard InChI is InChI=1S/C48H30N3O2.Pt/c52-44-28-46-40(39-21-9-10-24-45(39)53-46)27-41(44)48-50-43(35-20-11-19-34(25-35)42-26-33-17-7-8-18-36(33)29-49-42)30-51(48)47-37(31-13-3-1-4-14-31)22-12-23-38(47)32-15-5-2-6-16-32;/h1-24,26-30,52H;/q-1;. The predicted molar refractivity (Wildman–Crippen MR) is 214 cm³/mol. The molecule has 0 saturated heterocycles. The minimum Gasteiger partial charge on any atom is -0.507 e. The molecule has 1 N–H and O–H groups in total. The van der Waals surface area contributed by atoms with Crippen molar-refractivity contribution >= 4 is 32.7 Å². The number of furan rings is 1. The second kappa shape index (κ2) is 13.8. The number of imidazole rings is 1. The van der Waals surface area contributed by atoms with Crippen molar-refractivity contribution in [3.63, 3.8) is 0 Å². The Kier molecular flexibility index (Phi) is 8.49. The van der Waals surface area contributed by atoms with Gasteiger partial charge in [-0.2, -0.15) is 0 Å². The van der Waals surface area contributed by atoms with Crippen LogP contribution < -0.4 is 0 Å². The topological polar surface area (TPSA) is 64.1 Å². The van der Waals surface area contributed by atoms with Crippen molar-refractivity contribution in [2.75, 3.05) is 0 Å². The molecule has 0 atom stereocenters. The monoisotopic (exact) mass is 875 g/mol. The van der Waals surface area contributed by atoms with Gasteiger partial charge >= 0.3 is 0 Å². The molecule has 0 spiro atoms. The molecule has 0 aliphatic rings. The average Bonchev–Trinajstić information content (AvgIpc) is 3.82. The minimum absolute atomic E-state index is 0. The number of hydrogen-bond donors (Lipinski definition) is 1. The molecule has 0 saturated carbocycles. The van der Waals surface area contributed by atoms with Gasteiger partial charge in [-0.05, 0) is 34.0 Å². The van der Waals surface area contributed by atoms with Gasteiger partial charge in [0.05, 0.1) is 11.3 Å². The maximum absolute atomic E-state index is 11.8. The molecule has 3 heterocycles. The van der Waals surface area contributed by atoms with Crippen molar-refractivity contribution in [1.29, 1.82) is 0 Å². The summed E-state index contributed by atoms with van der Waals surface area (Å²) in [5.74, 6) is 0.666. The Morgan fingerprint density at radius 3 is 1.91 bits per heavy atom. The molecule has 0 radical (unpaired) electrons. The zero-order valence-corrected chi connectivity index (χ0v) is 31.0. The van der Waals surface area contributed by atoms with E-state index >= 15 is 0 Å². The van der Waals surface area contributed by atoms with Crippen LogP contribution in [-0.2, 0) is 21.1 Å². The molecular weight excluding hydrogens is 846 g/mol. The molecule has 5 nitrogen and oxygen atoms in total. The van der Waals surface area contributed by atoms with Gasteiger partial charge in [-0.3, -0.25) is 9.97 Å². The van der Waals surface area contributed by atoms with Crippen LogP contribution in [0.1, 0.15) is 0 Å². The first-order valence-corrected chi connectivity index (χ1v) is 17.5. The molecule has 10 aromatic rings.